The number of aromatic amines is 1. The van der Waals surface area contributed by atoms with Crippen molar-refractivity contribution in [3.05, 3.63) is 52.3 Å². The average molecular weight is 230 g/mol. The van der Waals surface area contributed by atoms with Crippen LogP contribution in [-0.2, 0) is 4.74 Å². The van der Waals surface area contributed by atoms with E-state index in [-0.39, 0.29) is 11.5 Å². The molecular weight excluding hydrogens is 220 g/mol. The molecule has 0 amide bonds. The number of hydrogen-bond acceptors (Lipinski definition) is 4. The minimum Gasteiger partial charge on any atom is -0.465 e. The van der Waals surface area contributed by atoms with Gasteiger partial charge in [-0.05, 0) is 18.2 Å². The Morgan fingerprint density at radius 1 is 1.18 bits per heavy atom. The van der Waals surface area contributed by atoms with Crippen LogP contribution < -0.4 is 5.56 Å². The molecule has 0 bridgehead atoms. The van der Waals surface area contributed by atoms with Gasteiger partial charge in [-0.2, -0.15) is 5.10 Å². The predicted octanol–water partition coefficient (Wildman–Crippen LogP) is 1.22. The number of carbonyl (C=O) groups excluding carboxylic acids is 1. The Balaban J connectivity index is 2.32. The van der Waals surface area contributed by atoms with Crippen molar-refractivity contribution in [3.63, 3.8) is 0 Å². The lowest BCUT2D eigenvalue weighted by Crippen LogP contribution is -2.05. The third-order valence-electron chi connectivity index (χ3n) is 2.28. The molecule has 1 aromatic heterocycles. The highest BCUT2D eigenvalue weighted by atomic mass is 16.5. The van der Waals surface area contributed by atoms with E-state index in [4.69, 9.17) is 0 Å². The molecule has 0 aliphatic carbocycles. The van der Waals surface area contributed by atoms with E-state index in [1.165, 1.54) is 13.2 Å². The van der Waals surface area contributed by atoms with Gasteiger partial charge in [0.05, 0.1) is 18.4 Å². The maximum atomic E-state index is 11.2. The van der Waals surface area contributed by atoms with Crippen molar-refractivity contribution in [2.75, 3.05) is 7.11 Å². The van der Waals surface area contributed by atoms with E-state index in [1.54, 1.807) is 30.3 Å². The van der Waals surface area contributed by atoms with E-state index in [0.717, 1.165) is 5.56 Å². The van der Waals surface area contributed by atoms with Crippen LogP contribution in [0.4, 0.5) is 0 Å². The molecule has 0 aliphatic rings. The monoisotopic (exact) mass is 230 g/mol. The van der Waals surface area contributed by atoms with Crippen molar-refractivity contribution >= 4 is 5.97 Å². The lowest BCUT2D eigenvalue weighted by atomic mass is 10.1. The van der Waals surface area contributed by atoms with E-state index in [0.29, 0.717) is 11.3 Å². The lowest BCUT2D eigenvalue weighted by molar-refractivity contribution is 0.0601. The molecule has 5 heteroatoms. The second kappa shape index (κ2) is 4.61. The summed E-state index contributed by atoms with van der Waals surface area (Å²) >= 11 is 0. The summed E-state index contributed by atoms with van der Waals surface area (Å²) in [5.41, 5.74) is 1.68. The lowest BCUT2D eigenvalue weighted by Gasteiger charge is -2.01. The number of carbonyl (C=O) groups is 1. The molecule has 17 heavy (non-hydrogen) atoms. The maximum Gasteiger partial charge on any atom is 0.337 e. The highest BCUT2D eigenvalue weighted by Gasteiger charge is 2.05. The van der Waals surface area contributed by atoms with Crippen molar-refractivity contribution < 1.29 is 9.53 Å². The molecule has 5 nitrogen and oxygen atoms in total. The van der Waals surface area contributed by atoms with Gasteiger partial charge < -0.3 is 4.74 Å². The Labute approximate surface area is 97.1 Å². The Hall–Kier alpha value is -2.43. The first-order valence-electron chi connectivity index (χ1n) is 4.95. The van der Waals surface area contributed by atoms with E-state index in [9.17, 15) is 9.59 Å². The molecule has 0 spiro atoms. The number of benzene rings is 1. The zero-order chi connectivity index (χ0) is 12.3. The Kier molecular flexibility index (Phi) is 3.00. The molecule has 0 aliphatic heterocycles. The molecular formula is C12H10N2O3. The normalized spacial score (nSPS) is 9.94. The first kappa shape index (κ1) is 11.1. The van der Waals surface area contributed by atoms with Gasteiger partial charge in [-0.15, -0.1) is 0 Å². The molecule has 0 saturated heterocycles. The van der Waals surface area contributed by atoms with E-state index in [1.807, 2.05) is 0 Å². The molecule has 0 fully saturated rings. The van der Waals surface area contributed by atoms with E-state index in [2.05, 4.69) is 14.9 Å². The molecule has 2 rings (SSSR count). The number of ether oxygens (including phenoxy) is 1. The fraction of sp³-hybridized carbons (Fsp3) is 0.0833. The molecule has 0 atom stereocenters. The number of esters is 1. The largest absolute Gasteiger partial charge is 0.465 e. The van der Waals surface area contributed by atoms with Crippen LogP contribution in [0.3, 0.4) is 0 Å². The number of nitrogens with zero attached hydrogens (tertiary/aromatic N) is 1. The quantitative estimate of drug-likeness (QED) is 0.787. The SMILES string of the molecule is COC(=O)c1ccc(-c2ccc(=O)[nH]n2)cc1. The summed E-state index contributed by atoms with van der Waals surface area (Å²) in [4.78, 5) is 22.1. The van der Waals surface area contributed by atoms with Gasteiger partial charge in [0.15, 0.2) is 0 Å². The second-order valence-electron chi connectivity index (χ2n) is 3.38. The summed E-state index contributed by atoms with van der Waals surface area (Å²) < 4.78 is 4.60. The fourth-order valence-corrected chi connectivity index (χ4v) is 1.40. The number of methoxy groups -OCH3 is 1. The molecule has 0 saturated carbocycles. The van der Waals surface area contributed by atoms with Gasteiger partial charge in [0, 0.05) is 11.6 Å². The molecule has 0 unspecified atom stereocenters. The van der Waals surface area contributed by atoms with E-state index < -0.39 is 0 Å². The summed E-state index contributed by atoms with van der Waals surface area (Å²) in [5, 5.41) is 6.24. The van der Waals surface area contributed by atoms with Gasteiger partial charge in [-0.25, -0.2) is 9.89 Å². The van der Waals surface area contributed by atoms with Crippen molar-refractivity contribution in [1.82, 2.24) is 10.2 Å². The summed E-state index contributed by atoms with van der Waals surface area (Å²) in [5.74, 6) is -0.383. The van der Waals surface area contributed by atoms with Crippen LogP contribution in [-0.4, -0.2) is 23.3 Å². The Morgan fingerprint density at radius 3 is 2.41 bits per heavy atom. The smallest absolute Gasteiger partial charge is 0.337 e. The van der Waals surface area contributed by atoms with Crippen LogP contribution in [0.2, 0.25) is 0 Å². The minimum atomic E-state index is -0.383. The Morgan fingerprint density at radius 2 is 1.88 bits per heavy atom. The van der Waals surface area contributed by atoms with Gasteiger partial charge in [0.2, 0.25) is 0 Å². The fourth-order valence-electron chi connectivity index (χ4n) is 1.40. The van der Waals surface area contributed by atoms with Gasteiger partial charge in [0.1, 0.15) is 0 Å². The standard InChI is InChI=1S/C12H10N2O3/c1-17-12(16)9-4-2-8(3-5-9)10-6-7-11(15)14-13-10/h2-7H,1H3,(H,14,15). The molecule has 2 aromatic rings. The van der Waals surface area contributed by atoms with Gasteiger partial charge in [0.25, 0.3) is 5.56 Å². The van der Waals surface area contributed by atoms with Crippen LogP contribution in [0.15, 0.2) is 41.2 Å². The number of aromatic nitrogens is 2. The number of H-pyrrole nitrogens is 1. The third-order valence-corrected chi connectivity index (χ3v) is 2.28. The number of rotatable bonds is 2. The zero-order valence-electron chi connectivity index (χ0n) is 9.14. The maximum absolute atomic E-state index is 11.2. The van der Waals surface area contributed by atoms with Crippen molar-refractivity contribution in [3.8, 4) is 11.3 Å². The van der Waals surface area contributed by atoms with Crippen LogP contribution >= 0.6 is 0 Å². The predicted molar refractivity (Wildman–Crippen MR) is 61.6 cm³/mol. The highest BCUT2D eigenvalue weighted by Crippen LogP contribution is 2.15. The van der Waals surface area contributed by atoms with Gasteiger partial charge in [-0.3, -0.25) is 4.79 Å². The Bertz CT molecular complexity index is 567. The summed E-state index contributed by atoms with van der Waals surface area (Å²) in [6.07, 6.45) is 0. The zero-order valence-corrected chi connectivity index (χ0v) is 9.14. The van der Waals surface area contributed by atoms with E-state index >= 15 is 0 Å². The molecule has 86 valence electrons. The first-order chi connectivity index (χ1) is 8.20. The first-order valence-corrected chi connectivity index (χ1v) is 4.95. The summed E-state index contributed by atoms with van der Waals surface area (Å²) in [6, 6.07) is 9.80. The van der Waals surface area contributed by atoms with Crippen LogP contribution in [0.25, 0.3) is 11.3 Å². The number of nitrogens with one attached hydrogen (secondary N) is 1. The van der Waals surface area contributed by atoms with Gasteiger partial charge in [-0.1, -0.05) is 12.1 Å². The van der Waals surface area contributed by atoms with Crippen LogP contribution in [0.1, 0.15) is 10.4 Å². The summed E-state index contributed by atoms with van der Waals surface area (Å²) in [6.45, 7) is 0. The topological polar surface area (TPSA) is 72.1 Å². The van der Waals surface area contributed by atoms with Crippen molar-refractivity contribution in [1.29, 1.82) is 0 Å². The molecule has 1 aromatic carbocycles. The molecule has 1 N–H and O–H groups in total. The van der Waals surface area contributed by atoms with Crippen LogP contribution in [0.5, 0.6) is 0 Å². The van der Waals surface area contributed by atoms with Crippen molar-refractivity contribution in [2.45, 2.75) is 0 Å². The van der Waals surface area contributed by atoms with Gasteiger partial charge >= 0.3 is 5.97 Å². The second-order valence-corrected chi connectivity index (χ2v) is 3.38. The third kappa shape index (κ3) is 2.39. The molecule has 0 radical (unpaired) electrons. The van der Waals surface area contributed by atoms with Crippen LogP contribution in [0, 0.1) is 0 Å². The number of hydrogen-bond donors (Lipinski definition) is 1. The summed E-state index contributed by atoms with van der Waals surface area (Å²) in [7, 11) is 1.33. The minimum absolute atomic E-state index is 0.250. The average Bonchev–Trinajstić information content (AvgIpc) is 2.39. The highest BCUT2D eigenvalue weighted by molar-refractivity contribution is 5.89. The molecule has 1 heterocycles. The van der Waals surface area contributed by atoms with Crippen molar-refractivity contribution in [2.24, 2.45) is 0 Å².